The predicted molar refractivity (Wildman–Crippen MR) is 71.6 cm³/mol. The summed E-state index contributed by atoms with van der Waals surface area (Å²) in [6.07, 6.45) is 0. The third-order valence-corrected chi connectivity index (χ3v) is 2.63. The normalized spacial score (nSPS) is 10.0. The van der Waals surface area contributed by atoms with Crippen molar-refractivity contribution in [3.05, 3.63) is 53.7 Å². The van der Waals surface area contributed by atoms with E-state index in [1.165, 1.54) is 6.92 Å². The van der Waals surface area contributed by atoms with Gasteiger partial charge in [-0.3, -0.25) is 4.79 Å². The fraction of sp³-hybridized carbons (Fsp3) is 0.200. The Kier molecular flexibility index (Phi) is 4.13. The molecule has 2 aromatic rings. The Morgan fingerprint density at radius 2 is 1.95 bits per heavy atom. The fourth-order valence-electron chi connectivity index (χ4n) is 1.69. The van der Waals surface area contributed by atoms with E-state index in [0.717, 1.165) is 5.69 Å². The minimum Gasteiger partial charge on any atom is -0.487 e. The van der Waals surface area contributed by atoms with Crippen LogP contribution in [0.15, 0.2) is 42.5 Å². The van der Waals surface area contributed by atoms with Gasteiger partial charge in [0.05, 0.1) is 18.4 Å². The average Bonchev–Trinajstić information content (AvgIpc) is 2.45. The van der Waals surface area contributed by atoms with E-state index in [1.807, 2.05) is 24.3 Å². The van der Waals surface area contributed by atoms with Gasteiger partial charge in [0, 0.05) is 6.07 Å². The van der Waals surface area contributed by atoms with Crippen LogP contribution in [0.3, 0.4) is 0 Å². The lowest BCUT2D eigenvalue weighted by Crippen LogP contribution is -2.03. The van der Waals surface area contributed by atoms with Gasteiger partial charge < -0.3 is 9.47 Å². The number of carbonyl (C=O) groups excluding carboxylic acids is 1. The lowest BCUT2D eigenvalue weighted by atomic mass is 10.1. The number of para-hydroxylation sites is 1. The smallest absolute Gasteiger partial charge is 0.213 e. The van der Waals surface area contributed by atoms with Crippen LogP contribution in [0, 0.1) is 0 Å². The molecule has 4 heteroatoms. The predicted octanol–water partition coefficient (Wildman–Crippen LogP) is 2.87. The number of benzene rings is 1. The summed E-state index contributed by atoms with van der Waals surface area (Å²) in [5.74, 6) is 1.09. The van der Waals surface area contributed by atoms with Crippen LogP contribution in [0.2, 0.25) is 0 Å². The second kappa shape index (κ2) is 6.00. The maximum Gasteiger partial charge on any atom is 0.213 e. The average molecular weight is 257 g/mol. The van der Waals surface area contributed by atoms with Crippen LogP contribution in [0.4, 0.5) is 0 Å². The standard InChI is InChI=1S/C15H15NO3/c1-11(17)13-7-3-4-8-14(13)19-10-12-6-5-9-15(16-12)18-2/h3-9H,10H2,1-2H3. The van der Waals surface area contributed by atoms with Crippen LogP contribution in [0.5, 0.6) is 11.6 Å². The SMILES string of the molecule is COc1cccc(COc2ccccc2C(C)=O)n1. The molecular formula is C15H15NO3. The topological polar surface area (TPSA) is 48.4 Å². The van der Waals surface area contributed by atoms with E-state index in [0.29, 0.717) is 23.8 Å². The van der Waals surface area contributed by atoms with Crippen LogP contribution in [0.25, 0.3) is 0 Å². The molecule has 0 spiro atoms. The molecule has 0 aliphatic carbocycles. The molecule has 0 amide bonds. The molecule has 0 aliphatic rings. The minimum absolute atomic E-state index is 0.0193. The zero-order valence-electron chi connectivity index (χ0n) is 10.9. The van der Waals surface area contributed by atoms with Crippen molar-refractivity contribution < 1.29 is 14.3 Å². The van der Waals surface area contributed by atoms with Gasteiger partial charge in [0.15, 0.2) is 5.78 Å². The van der Waals surface area contributed by atoms with Gasteiger partial charge in [-0.1, -0.05) is 18.2 Å². The lowest BCUT2D eigenvalue weighted by Gasteiger charge is -2.09. The Bertz CT molecular complexity index is 581. The third-order valence-electron chi connectivity index (χ3n) is 2.63. The number of hydrogen-bond acceptors (Lipinski definition) is 4. The molecule has 0 saturated carbocycles. The van der Waals surface area contributed by atoms with Gasteiger partial charge in [-0.05, 0) is 25.1 Å². The molecule has 0 atom stereocenters. The summed E-state index contributed by atoms with van der Waals surface area (Å²) in [6, 6.07) is 12.6. The first-order valence-electron chi connectivity index (χ1n) is 5.93. The molecule has 0 radical (unpaired) electrons. The number of methoxy groups -OCH3 is 1. The first-order chi connectivity index (χ1) is 9.20. The Morgan fingerprint density at radius 3 is 2.68 bits per heavy atom. The molecule has 4 nitrogen and oxygen atoms in total. The molecule has 1 aromatic heterocycles. The molecule has 1 aromatic carbocycles. The van der Waals surface area contributed by atoms with Crippen LogP contribution in [-0.2, 0) is 6.61 Å². The summed E-state index contributed by atoms with van der Waals surface area (Å²) in [5, 5.41) is 0. The first kappa shape index (κ1) is 13.1. The molecule has 0 aliphatic heterocycles. The molecule has 0 N–H and O–H groups in total. The third kappa shape index (κ3) is 3.31. The Hall–Kier alpha value is -2.36. The second-order valence-corrected chi connectivity index (χ2v) is 4.01. The number of hydrogen-bond donors (Lipinski definition) is 0. The molecule has 1 heterocycles. The number of ketones is 1. The Labute approximate surface area is 112 Å². The van der Waals surface area contributed by atoms with Gasteiger partial charge in [0.1, 0.15) is 12.4 Å². The second-order valence-electron chi connectivity index (χ2n) is 4.01. The maximum atomic E-state index is 11.5. The van der Waals surface area contributed by atoms with E-state index < -0.39 is 0 Å². The lowest BCUT2D eigenvalue weighted by molar-refractivity contribution is 0.101. The molecule has 0 unspecified atom stereocenters. The Balaban J connectivity index is 2.12. The van der Waals surface area contributed by atoms with Crippen LogP contribution in [-0.4, -0.2) is 17.9 Å². The molecule has 98 valence electrons. The van der Waals surface area contributed by atoms with Crippen molar-refractivity contribution in [1.29, 1.82) is 0 Å². The van der Waals surface area contributed by atoms with E-state index in [1.54, 1.807) is 25.3 Å². The van der Waals surface area contributed by atoms with E-state index >= 15 is 0 Å². The monoisotopic (exact) mass is 257 g/mol. The largest absolute Gasteiger partial charge is 0.487 e. The van der Waals surface area contributed by atoms with Crippen molar-refractivity contribution in [2.45, 2.75) is 13.5 Å². The summed E-state index contributed by atoms with van der Waals surface area (Å²) in [4.78, 5) is 15.7. The highest BCUT2D eigenvalue weighted by Crippen LogP contribution is 2.19. The van der Waals surface area contributed by atoms with Gasteiger partial charge >= 0.3 is 0 Å². The summed E-state index contributed by atoms with van der Waals surface area (Å²) < 4.78 is 10.7. The zero-order valence-corrected chi connectivity index (χ0v) is 10.9. The number of pyridine rings is 1. The quantitative estimate of drug-likeness (QED) is 0.773. The van der Waals surface area contributed by atoms with E-state index in [2.05, 4.69) is 4.98 Å². The van der Waals surface area contributed by atoms with Gasteiger partial charge in [-0.2, -0.15) is 0 Å². The van der Waals surface area contributed by atoms with E-state index in [-0.39, 0.29) is 5.78 Å². The van der Waals surface area contributed by atoms with Crippen molar-refractivity contribution in [2.75, 3.05) is 7.11 Å². The van der Waals surface area contributed by atoms with Crippen molar-refractivity contribution >= 4 is 5.78 Å². The van der Waals surface area contributed by atoms with Crippen molar-refractivity contribution in [3.8, 4) is 11.6 Å². The van der Waals surface area contributed by atoms with Crippen molar-refractivity contribution in [3.63, 3.8) is 0 Å². The van der Waals surface area contributed by atoms with E-state index in [4.69, 9.17) is 9.47 Å². The minimum atomic E-state index is -0.0193. The zero-order chi connectivity index (χ0) is 13.7. The molecule has 2 rings (SSSR count). The molecule has 0 fully saturated rings. The van der Waals surface area contributed by atoms with Gasteiger partial charge in [-0.15, -0.1) is 0 Å². The van der Waals surface area contributed by atoms with Gasteiger partial charge in [0.25, 0.3) is 0 Å². The highest BCUT2D eigenvalue weighted by atomic mass is 16.5. The van der Waals surface area contributed by atoms with Crippen LogP contribution >= 0.6 is 0 Å². The highest BCUT2D eigenvalue weighted by molar-refractivity contribution is 5.96. The number of Topliss-reactive ketones (excluding diaryl/α,β-unsaturated/α-hetero) is 1. The fourth-order valence-corrected chi connectivity index (χ4v) is 1.69. The molecule has 0 saturated heterocycles. The maximum absolute atomic E-state index is 11.5. The summed E-state index contributed by atoms with van der Waals surface area (Å²) in [5.41, 5.74) is 1.32. The first-order valence-corrected chi connectivity index (χ1v) is 5.93. The van der Waals surface area contributed by atoms with Crippen molar-refractivity contribution in [1.82, 2.24) is 4.98 Å². The van der Waals surface area contributed by atoms with Gasteiger partial charge in [0.2, 0.25) is 5.88 Å². The molecule has 19 heavy (non-hydrogen) atoms. The highest BCUT2D eigenvalue weighted by Gasteiger charge is 2.07. The Morgan fingerprint density at radius 1 is 1.16 bits per heavy atom. The van der Waals surface area contributed by atoms with Crippen LogP contribution < -0.4 is 9.47 Å². The summed E-state index contributed by atoms with van der Waals surface area (Å²) >= 11 is 0. The van der Waals surface area contributed by atoms with Gasteiger partial charge in [-0.25, -0.2) is 4.98 Å². The number of aromatic nitrogens is 1. The summed E-state index contributed by atoms with van der Waals surface area (Å²) in [6.45, 7) is 1.81. The molecular weight excluding hydrogens is 242 g/mol. The van der Waals surface area contributed by atoms with Crippen LogP contribution in [0.1, 0.15) is 23.0 Å². The van der Waals surface area contributed by atoms with Crippen molar-refractivity contribution in [2.24, 2.45) is 0 Å². The number of nitrogens with zero attached hydrogens (tertiary/aromatic N) is 1. The number of carbonyl (C=O) groups is 1. The number of rotatable bonds is 5. The van der Waals surface area contributed by atoms with E-state index in [9.17, 15) is 4.79 Å². The number of ether oxygens (including phenoxy) is 2. The molecule has 0 bridgehead atoms. The summed E-state index contributed by atoms with van der Waals surface area (Å²) in [7, 11) is 1.57.